The van der Waals surface area contributed by atoms with Crippen molar-refractivity contribution in [3.63, 3.8) is 0 Å². The second-order valence-corrected chi connectivity index (χ2v) is 5.84. The summed E-state index contributed by atoms with van der Waals surface area (Å²) in [5, 5.41) is 4.89. The Morgan fingerprint density at radius 3 is 2.74 bits per heavy atom. The minimum atomic E-state index is 0.150. The van der Waals surface area contributed by atoms with Crippen LogP contribution in [0.3, 0.4) is 0 Å². The molecular weight excluding hydrogens is 330 g/mol. The summed E-state index contributed by atoms with van der Waals surface area (Å²) in [5.41, 5.74) is 7.29. The Bertz CT molecular complexity index is 610. The van der Waals surface area contributed by atoms with Crippen LogP contribution in [0.25, 0.3) is 0 Å². The second-order valence-electron chi connectivity index (χ2n) is 4.52. The molecule has 19 heavy (non-hydrogen) atoms. The maximum atomic E-state index is 6.12. The molecular formula is C13H15BrClN3O. The van der Waals surface area contributed by atoms with Crippen molar-refractivity contribution < 1.29 is 4.74 Å². The maximum absolute atomic E-state index is 6.12. The number of hydrogen-bond acceptors (Lipinski definition) is 3. The third kappa shape index (κ3) is 2.87. The van der Waals surface area contributed by atoms with Gasteiger partial charge in [-0.25, -0.2) is 4.68 Å². The molecule has 0 aliphatic heterocycles. The van der Waals surface area contributed by atoms with E-state index < -0.39 is 0 Å². The highest BCUT2D eigenvalue weighted by atomic mass is 79.9. The van der Waals surface area contributed by atoms with Crippen LogP contribution in [0, 0.1) is 6.92 Å². The molecule has 0 saturated heterocycles. The Morgan fingerprint density at radius 2 is 2.11 bits per heavy atom. The monoisotopic (exact) mass is 343 g/mol. The number of nitrogens with zero attached hydrogens (tertiary/aromatic N) is 2. The standard InChI is InChI=1S/C13H15BrClN3O/c1-7(2)18-13(12(16)8(3)17-18)19-11-6-9(14)4-5-10(11)15/h4-7H,16H2,1-3H3. The quantitative estimate of drug-likeness (QED) is 0.888. The summed E-state index contributed by atoms with van der Waals surface area (Å²) in [7, 11) is 0. The number of halogens is 2. The summed E-state index contributed by atoms with van der Waals surface area (Å²) in [5.74, 6) is 1.07. The predicted molar refractivity (Wildman–Crippen MR) is 81.0 cm³/mol. The highest BCUT2D eigenvalue weighted by Crippen LogP contribution is 2.36. The van der Waals surface area contributed by atoms with Crippen LogP contribution >= 0.6 is 27.5 Å². The van der Waals surface area contributed by atoms with Gasteiger partial charge in [-0.3, -0.25) is 0 Å². The third-order valence-electron chi connectivity index (χ3n) is 2.68. The van der Waals surface area contributed by atoms with Crippen molar-refractivity contribution in [3.8, 4) is 11.6 Å². The number of ether oxygens (including phenoxy) is 1. The number of benzene rings is 1. The van der Waals surface area contributed by atoms with E-state index in [1.54, 1.807) is 16.8 Å². The lowest BCUT2D eigenvalue weighted by Crippen LogP contribution is -2.05. The molecule has 0 unspecified atom stereocenters. The van der Waals surface area contributed by atoms with Gasteiger partial charge >= 0.3 is 0 Å². The van der Waals surface area contributed by atoms with E-state index in [-0.39, 0.29) is 6.04 Å². The summed E-state index contributed by atoms with van der Waals surface area (Å²) in [6.45, 7) is 5.88. The van der Waals surface area contributed by atoms with Crippen molar-refractivity contribution in [2.24, 2.45) is 0 Å². The Hall–Kier alpha value is -1.20. The van der Waals surface area contributed by atoms with E-state index in [0.717, 1.165) is 10.2 Å². The van der Waals surface area contributed by atoms with Gasteiger partial charge in [0, 0.05) is 4.47 Å². The van der Waals surface area contributed by atoms with Gasteiger partial charge in [0.1, 0.15) is 11.4 Å². The largest absolute Gasteiger partial charge is 0.436 e. The zero-order valence-corrected chi connectivity index (χ0v) is 13.3. The van der Waals surface area contributed by atoms with E-state index in [2.05, 4.69) is 21.0 Å². The SMILES string of the molecule is Cc1nn(C(C)C)c(Oc2cc(Br)ccc2Cl)c1N. The van der Waals surface area contributed by atoms with Crippen molar-refractivity contribution >= 4 is 33.2 Å². The molecule has 6 heteroatoms. The summed E-state index contributed by atoms with van der Waals surface area (Å²) in [6.07, 6.45) is 0. The number of nitrogen functional groups attached to an aromatic ring is 1. The Labute approximate surface area is 125 Å². The number of aromatic nitrogens is 2. The lowest BCUT2D eigenvalue weighted by atomic mass is 10.3. The van der Waals surface area contributed by atoms with Gasteiger partial charge in [0.25, 0.3) is 0 Å². The molecule has 0 fully saturated rings. The fraction of sp³-hybridized carbons (Fsp3) is 0.308. The molecule has 0 saturated carbocycles. The van der Waals surface area contributed by atoms with Gasteiger partial charge in [-0.05, 0) is 39.0 Å². The number of aryl methyl sites for hydroxylation is 1. The topological polar surface area (TPSA) is 53.1 Å². The van der Waals surface area contributed by atoms with Crippen molar-refractivity contribution in [2.75, 3.05) is 5.73 Å². The van der Waals surface area contributed by atoms with Crippen LogP contribution in [0.1, 0.15) is 25.6 Å². The van der Waals surface area contributed by atoms with Gasteiger partial charge in [0.15, 0.2) is 0 Å². The van der Waals surface area contributed by atoms with Crippen LogP contribution in [0.5, 0.6) is 11.6 Å². The van der Waals surface area contributed by atoms with Crippen molar-refractivity contribution in [2.45, 2.75) is 26.8 Å². The molecule has 1 heterocycles. The normalized spacial score (nSPS) is 11.1. The zero-order chi connectivity index (χ0) is 14.2. The van der Waals surface area contributed by atoms with Gasteiger partial charge in [0.05, 0.1) is 16.8 Å². The average molecular weight is 345 g/mol. The molecule has 0 aliphatic carbocycles. The third-order valence-corrected chi connectivity index (χ3v) is 3.48. The predicted octanol–water partition coefficient (Wildman–Crippen LogP) is 4.56. The first-order valence-corrected chi connectivity index (χ1v) is 7.04. The van der Waals surface area contributed by atoms with E-state index in [1.165, 1.54) is 0 Å². The Balaban J connectivity index is 2.45. The van der Waals surface area contributed by atoms with E-state index in [1.807, 2.05) is 26.8 Å². The smallest absolute Gasteiger partial charge is 0.241 e. The minimum Gasteiger partial charge on any atom is -0.436 e. The molecule has 0 spiro atoms. The number of anilines is 1. The van der Waals surface area contributed by atoms with Crippen LogP contribution in [0.2, 0.25) is 5.02 Å². The van der Waals surface area contributed by atoms with Gasteiger partial charge in [-0.1, -0.05) is 27.5 Å². The van der Waals surface area contributed by atoms with E-state index in [9.17, 15) is 0 Å². The molecule has 1 aromatic carbocycles. The van der Waals surface area contributed by atoms with Crippen molar-refractivity contribution in [3.05, 3.63) is 33.4 Å². The molecule has 2 N–H and O–H groups in total. The summed E-state index contributed by atoms with van der Waals surface area (Å²) >= 11 is 9.51. The minimum absolute atomic E-state index is 0.150. The van der Waals surface area contributed by atoms with Gasteiger partial charge < -0.3 is 10.5 Å². The van der Waals surface area contributed by atoms with E-state index in [0.29, 0.717) is 22.3 Å². The van der Waals surface area contributed by atoms with E-state index in [4.69, 9.17) is 22.1 Å². The Morgan fingerprint density at radius 1 is 1.42 bits per heavy atom. The van der Waals surface area contributed by atoms with Crippen LogP contribution in [0.15, 0.2) is 22.7 Å². The maximum Gasteiger partial charge on any atom is 0.241 e. The molecule has 4 nitrogen and oxygen atoms in total. The van der Waals surface area contributed by atoms with Crippen LogP contribution in [0.4, 0.5) is 5.69 Å². The van der Waals surface area contributed by atoms with Crippen molar-refractivity contribution in [1.29, 1.82) is 0 Å². The van der Waals surface area contributed by atoms with Crippen LogP contribution in [-0.4, -0.2) is 9.78 Å². The Kier molecular flexibility index (Phi) is 4.06. The highest BCUT2D eigenvalue weighted by Gasteiger charge is 2.18. The number of hydrogen-bond donors (Lipinski definition) is 1. The summed E-state index contributed by atoms with van der Waals surface area (Å²) in [6, 6.07) is 5.57. The zero-order valence-electron chi connectivity index (χ0n) is 10.9. The molecule has 2 rings (SSSR count). The average Bonchev–Trinajstić information content (AvgIpc) is 2.62. The van der Waals surface area contributed by atoms with Gasteiger partial charge in [-0.2, -0.15) is 5.10 Å². The van der Waals surface area contributed by atoms with Gasteiger partial charge in [0.2, 0.25) is 5.88 Å². The first kappa shape index (κ1) is 14.2. The lowest BCUT2D eigenvalue weighted by molar-refractivity contribution is 0.389. The molecule has 2 aromatic rings. The molecule has 0 radical (unpaired) electrons. The van der Waals surface area contributed by atoms with Crippen LogP contribution < -0.4 is 10.5 Å². The van der Waals surface area contributed by atoms with Crippen molar-refractivity contribution in [1.82, 2.24) is 9.78 Å². The second kappa shape index (κ2) is 5.43. The number of nitrogens with two attached hydrogens (primary N) is 1. The fourth-order valence-corrected chi connectivity index (χ4v) is 2.15. The van der Waals surface area contributed by atoms with E-state index >= 15 is 0 Å². The van der Waals surface area contributed by atoms with Crippen LogP contribution in [-0.2, 0) is 0 Å². The molecule has 0 bridgehead atoms. The first-order chi connectivity index (χ1) is 8.90. The molecule has 0 aliphatic rings. The molecule has 1 aromatic heterocycles. The lowest BCUT2D eigenvalue weighted by Gasteiger charge is -2.13. The summed E-state index contributed by atoms with van der Waals surface area (Å²) < 4.78 is 8.49. The number of rotatable bonds is 3. The molecule has 0 atom stereocenters. The molecule has 0 amide bonds. The fourth-order valence-electron chi connectivity index (χ4n) is 1.65. The summed E-state index contributed by atoms with van der Waals surface area (Å²) in [4.78, 5) is 0. The molecule has 102 valence electrons. The van der Waals surface area contributed by atoms with Gasteiger partial charge in [-0.15, -0.1) is 0 Å². The highest BCUT2D eigenvalue weighted by molar-refractivity contribution is 9.10. The first-order valence-electron chi connectivity index (χ1n) is 5.87.